The molecule has 1 aliphatic heterocycles. The smallest absolute Gasteiger partial charge is 0.254 e. The van der Waals surface area contributed by atoms with E-state index >= 15 is 0 Å². The molecule has 5 rings (SSSR count). The van der Waals surface area contributed by atoms with Gasteiger partial charge in [0.25, 0.3) is 5.91 Å². The molecule has 1 fully saturated rings. The lowest BCUT2D eigenvalue weighted by Crippen LogP contribution is -2.46. The number of allylic oxidation sites excluding steroid dienone is 7. The molecule has 1 saturated heterocycles. The van der Waals surface area contributed by atoms with Gasteiger partial charge in [0.15, 0.2) is 5.78 Å². The van der Waals surface area contributed by atoms with Gasteiger partial charge in [-0.2, -0.15) is 0 Å². The molecule has 7 heteroatoms. The lowest BCUT2D eigenvalue weighted by atomic mass is 9.92. The number of hydrogen-bond donors (Lipinski definition) is 2. The lowest BCUT2D eigenvalue weighted by Gasteiger charge is -2.33. The number of amides is 2. The van der Waals surface area contributed by atoms with Gasteiger partial charge >= 0.3 is 0 Å². The summed E-state index contributed by atoms with van der Waals surface area (Å²) in [5.74, 6) is -0.527. The first kappa shape index (κ1) is 34.7. The summed E-state index contributed by atoms with van der Waals surface area (Å²) in [7, 11) is -0.669. The van der Waals surface area contributed by atoms with Gasteiger partial charge in [-0.15, -0.1) is 0 Å². The van der Waals surface area contributed by atoms with Gasteiger partial charge in [0.2, 0.25) is 5.91 Å². The molecular weight excluding hydrogens is 615 g/mol. The molecular formula is C41H43N2O4P. The number of nitrogens with zero attached hydrogens (tertiary/aromatic N) is 1. The fraction of sp³-hybridized carbons (Fsp3) is 0.244. The van der Waals surface area contributed by atoms with E-state index in [2.05, 4.69) is 5.32 Å². The van der Waals surface area contributed by atoms with E-state index < -0.39 is 14.5 Å². The maximum atomic E-state index is 14.3. The van der Waals surface area contributed by atoms with Crippen LogP contribution < -0.4 is 5.32 Å². The number of piperidine rings is 1. The predicted molar refractivity (Wildman–Crippen MR) is 199 cm³/mol. The number of Topliss-reactive ketones (excluding diaryl/α,β-unsaturated/α-hetero) is 1. The zero-order valence-corrected chi connectivity index (χ0v) is 28.8. The van der Waals surface area contributed by atoms with Crippen LogP contribution in [0, 0.1) is 0 Å². The molecule has 6 nitrogen and oxygen atoms in total. The number of ketones is 1. The molecule has 2 amide bonds. The molecule has 4 aromatic carbocycles. The van der Waals surface area contributed by atoms with Crippen molar-refractivity contribution in [2.24, 2.45) is 0 Å². The lowest BCUT2D eigenvalue weighted by molar-refractivity contribution is -0.121. The molecule has 2 atom stereocenters. The average Bonchev–Trinajstić information content (AvgIpc) is 3.12. The first-order chi connectivity index (χ1) is 23.3. The van der Waals surface area contributed by atoms with E-state index in [1.165, 1.54) is 5.57 Å². The molecule has 4 aromatic rings. The molecule has 0 spiro atoms. The van der Waals surface area contributed by atoms with Crippen molar-refractivity contribution in [2.75, 3.05) is 13.1 Å². The highest BCUT2D eigenvalue weighted by atomic mass is 31.1. The van der Waals surface area contributed by atoms with Gasteiger partial charge in [-0.1, -0.05) is 114 Å². The van der Waals surface area contributed by atoms with E-state index in [1.54, 1.807) is 17.0 Å². The Balaban J connectivity index is 1.29. The van der Waals surface area contributed by atoms with Gasteiger partial charge in [-0.3, -0.25) is 14.4 Å². The van der Waals surface area contributed by atoms with Crippen molar-refractivity contribution in [1.82, 2.24) is 10.2 Å². The van der Waals surface area contributed by atoms with E-state index in [-0.39, 0.29) is 23.6 Å². The normalized spacial score (nSPS) is 15.7. The van der Waals surface area contributed by atoms with Crippen molar-refractivity contribution in [1.29, 1.82) is 0 Å². The number of fused-ring (bicyclic) bond motifs is 2. The van der Waals surface area contributed by atoms with Crippen molar-refractivity contribution in [3.8, 4) is 0 Å². The highest BCUT2D eigenvalue weighted by molar-refractivity contribution is 7.33. The number of rotatable bonds is 11. The number of nitrogens with one attached hydrogen (secondary N) is 1. The third-order valence-corrected chi connectivity index (χ3v) is 9.78. The van der Waals surface area contributed by atoms with Gasteiger partial charge in [0.05, 0.1) is 11.2 Å². The van der Waals surface area contributed by atoms with Crippen molar-refractivity contribution in [3.63, 3.8) is 0 Å². The van der Waals surface area contributed by atoms with Gasteiger partial charge in [-0.05, 0) is 72.9 Å². The summed E-state index contributed by atoms with van der Waals surface area (Å²) in [6, 6.07) is 24.8. The Labute approximate surface area is 284 Å². The van der Waals surface area contributed by atoms with E-state index in [1.807, 2.05) is 124 Å². The van der Waals surface area contributed by atoms with Crippen LogP contribution in [-0.4, -0.2) is 46.5 Å². The fourth-order valence-electron chi connectivity index (χ4n) is 6.06. The topological polar surface area (TPSA) is 86.7 Å². The summed E-state index contributed by atoms with van der Waals surface area (Å²) in [5.41, 5.74) is 2.81. The third-order valence-electron chi connectivity index (χ3n) is 8.95. The summed E-state index contributed by atoms with van der Waals surface area (Å²) in [6.45, 7) is 6.95. The Kier molecular flexibility index (Phi) is 11.9. The zero-order chi connectivity index (χ0) is 34.0. The summed E-state index contributed by atoms with van der Waals surface area (Å²) < 4.78 is 0. The van der Waals surface area contributed by atoms with E-state index in [4.69, 9.17) is 0 Å². The molecule has 0 saturated carbocycles. The number of carbonyl (C=O) groups excluding carboxylic acids is 3. The minimum absolute atomic E-state index is 0.0263. The Morgan fingerprint density at radius 3 is 2.12 bits per heavy atom. The molecule has 1 aliphatic rings. The van der Waals surface area contributed by atoms with E-state index in [0.29, 0.717) is 43.5 Å². The van der Waals surface area contributed by atoms with Crippen LogP contribution in [0.15, 0.2) is 126 Å². The number of benzene rings is 4. The summed E-state index contributed by atoms with van der Waals surface area (Å²) in [4.78, 5) is 53.4. The number of likely N-dealkylation sites (tertiary alicyclic amines) is 1. The first-order valence-electron chi connectivity index (χ1n) is 16.5. The minimum Gasteiger partial charge on any atom is -0.376 e. The standard InChI is InChI=1S/C41H43N2O4P/c1-4-28(2)12-5-6-13-29(3)20-21-38(44)42-33-22-24-43(25-23-33)41(46)37-27-32-16-8-7-15-31(32)26-36(37)39(45)40(48-47)35-19-11-17-30-14-9-10-18-34(30)35/h4-20,26-27,33,40,47-48H,21-25H2,1-3H3,(H,42,44)/b12-5-,13-6-,28-4+,29-20+. The molecule has 0 aliphatic carbocycles. The summed E-state index contributed by atoms with van der Waals surface area (Å²) >= 11 is 0. The number of carbonyl (C=O) groups is 3. The predicted octanol–water partition coefficient (Wildman–Crippen LogP) is 8.64. The third kappa shape index (κ3) is 8.44. The average molecular weight is 659 g/mol. The summed E-state index contributed by atoms with van der Waals surface area (Å²) in [6.07, 6.45) is 13.5. The monoisotopic (exact) mass is 658 g/mol. The largest absolute Gasteiger partial charge is 0.376 e. The van der Waals surface area contributed by atoms with Crippen LogP contribution in [0.5, 0.6) is 0 Å². The van der Waals surface area contributed by atoms with Crippen molar-refractivity contribution < 1.29 is 19.3 Å². The van der Waals surface area contributed by atoms with Crippen LogP contribution in [0.1, 0.15) is 72.0 Å². The Morgan fingerprint density at radius 2 is 1.46 bits per heavy atom. The highest BCUT2D eigenvalue weighted by Crippen LogP contribution is 2.40. The minimum atomic E-state index is -0.795. The molecule has 0 aromatic heterocycles. The maximum absolute atomic E-state index is 14.3. The molecule has 48 heavy (non-hydrogen) atoms. The SMILES string of the molecule is C/C=C(C)/C=C\C=C/C(C)=C/CC(=O)NC1CCN(C(=O)c2cc3ccccc3cc2C(=O)C(PO)c2cccc3ccccc23)CC1. The maximum Gasteiger partial charge on any atom is 0.254 e. The van der Waals surface area contributed by atoms with Gasteiger partial charge in [-0.25, -0.2) is 0 Å². The van der Waals surface area contributed by atoms with Gasteiger partial charge in [0.1, 0.15) is 0 Å². The molecule has 2 unspecified atom stereocenters. The molecule has 2 N–H and O–H groups in total. The van der Waals surface area contributed by atoms with Crippen LogP contribution in [0.2, 0.25) is 0 Å². The number of hydrogen-bond acceptors (Lipinski definition) is 4. The van der Waals surface area contributed by atoms with Crippen LogP contribution in [0.3, 0.4) is 0 Å². The Bertz CT molecular complexity index is 1930. The summed E-state index contributed by atoms with van der Waals surface area (Å²) in [5, 5.41) is 6.75. The molecule has 0 bridgehead atoms. The van der Waals surface area contributed by atoms with Crippen LogP contribution in [-0.2, 0) is 4.79 Å². The van der Waals surface area contributed by atoms with Crippen LogP contribution in [0.4, 0.5) is 0 Å². The molecule has 0 radical (unpaired) electrons. The zero-order valence-electron chi connectivity index (χ0n) is 27.8. The van der Waals surface area contributed by atoms with E-state index in [9.17, 15) is 19.3 Å². The Morgan fingerprint density at radius 1 is 0.854 bits per heavy atom. The second-order valence-electron chi connectivity index (χ2n) is 12.3. The first-order valence-corrected chi connectivity index (χ1v) is 17.5. The van der Waals surface area contributed by atoms with Crippen LogP contribution in [0.25, 0.3) is 21.5 Å². The van der Waals surface area contributed by atoms with Crippen molar-refractivity contribution in [3.05, 3.63) is 143 Å². The van der Waals surface area contributed by atoms with Crippen molar-refractivity contribution >= 4 is 48.0 Å². The Hall–Kier alpha value is -4.64. The van der Waals surface area contributed by atoms with Crippen LogP contribution >= 0.6 is 8.81 Å². The van der Waals surface area contributed by atoms with Gasteiger partial charge < -0.3 is 15.1 Å². The quantitative estimate of drug-likeness (QED) is 0.0960. The second kappa shape index (κ2) is 16.5. The fourth-order valence-corrected chi connectivity index (χ4v) is 6.73. The van der Waals surface area contributed by atoms with Gasteiger partial charge in [0, 0.05) is 39.9 Å². The van der Waals surface area contributed by atoms with E-state index in [0.717, 1.165) is 32.7 Å². The highest BCUT2D eigenvalue weighted by Gasteiger charge is 2.31. The van der Waals surface area contributed by atoms with Crippen molar-refractivity contribution in [2.45, 2.75) is 51.7 Å². The molecule has 246 valence electrons. The second-order valence-corrected chi connectivity index (χ2v) is 13.1. The molecule has 1 heterocycles.